The van der Waals surface area contributed by atoms with Gasteiger partial charge in [-0.1, -0.05) is 56.2 Å². The molecule has 1 N–H and O–H groups in total. The van der Waals surface area contributed by atoms with Crippen LogP contribution >= 0.6 is 0 Å². The van der Waals surface area contributed by atoms with Crippen molar-refractivity contribution in [2.75, 3.05) is 14.2 Å². The maximum absolute atomic E-state index is 14.0. The highest BCUT2D eigenvalue weighted by Crippen LogP contribution is 2.35. The molecule has 0 amide bonds. The number of nitrogens with zero attached hydrogens (tertiary/aromatic N) is 1. The predicted molar refractivity (Wildman–Crippen MR) is 151 cm³/mol. The number of sulfonamides is 2. The molecule has 2 atom stereocenters. The minimum Gasteiger partial charge on any atom is -0.493 e. The maximum atomic E-state index is 14.0. The van der Waals surface area contributed by atoms with Gasteiger partial charge in [0, 0.05) is 19.1 Å². The molecule has 1 fully saturated rings. The third kappa shape index (κ3) is 6.81. The minimum atomic E-state index is -3.94. The number of rotatable bonds is 11. The molecule has 0 aliphatic heterocycles. The van der Waals surface area contributed by atoms with Crippen LogP contribution in [0.2, 0.25) is 0 Å². The Hall–Kier alpha value is -2.92. The Balaban J connectivity index is 1.61. The molecule has 1 aliphatic rings. The van der Waals surface area contributed by atoms with Gasteiger partial charge in [0.1, 0.15) is 0 Å². The fraction of sp³-hybridized carbons (Fsp3) is 0.379. The number of hydrogen-bond acceptors (Lipinski definition) is 6. The number of ether oxygens (including phenoxy) is 2. The van der Waals surface area contributed by atoms with E-state index in [0.29, 0.717) is 11.5 Å². The second kappa shape index (κ2) is 12.5. The van der Waals surface area contributed by atoms with Crippen LogP contribution in [0.3, 0.4) is 0 Å². The molecule has 1 aliphatic carbocycles. The first-order valence-corrected chi connectivity index (χ1v) is 15.9. The second-order valence-electron chi connectivity index (χ2n) is 9.85. The van der Waals surface area contributed by atoms with Crippen molar-refractivity contribution in [3.8, 4) is 11.5 Å². The lowest BCUT2D eigenvalue weighted by Gasteiger charge is -2.38. The zero-order chi connectivity index (χ0) is 28.0. The van der Waals surface area contributed by atoms with E-state index < -0.39 is 20.0 Å². The van der Waals surface area contributed by atoms with Gasteiger partial charge >= 0.3 is 0 Å². The summed E-state index contributed by atoms with van der Waals surface area (Å²) >= 11 is 0. The largest absolute Gasteiger partial charge is 0.493 e. The summed E-state index contributed by atoms with van der Waals surface area (Å²) in [5.41, 5.74) is 1.60. The molecule has 2 unspecified atom stereocenters. The summed E-state index contributed by atoms with van der Waals surface area (Å²) < 4.78 is 68.7. The molecule has 3 aromatic rings. The Morgan fingerprint density at radius 3 is 2.08 bits per heavy atom. The van der Waals surface area contributed by atoms with Gasteiger partial charge in [0.05, 0.1) is 24.0 Å². The average Bonchev–Trinajstić information content (AvgIpc) is 2.95. The quantitative estimate of drug-likeness (QED) is 0.349. The van der Waals surface area contributed by atoms with E-state index in [4.69, 9.17) is 9.47 Å². The van der Waals surface area contributed by atoms with Crippen LogP contribution in [0.15, 0.2) is 82.6 Å². The van der Waals surface area contributed by atoms with Gasteiger partial charge in [-0.3, -0.25) is 0 Å². The Morgan fingerprint density at radius 2 is 1.44 bits per heavy atom. The summed E-state index contributed by atoms with van der Waals surface area (Å²) in [5.74, 6) is 1.29. The monoisotopic (exact) mass is 572 g/mol. The lowest BCUT2D eigenvalue weighted by atomic mass is 9.86. The fourth-order valence-corrected chi connectivity index (χ4v) is 7.80. The van der Waals surface area contributed by atoms with Crippen molar-refractivity contribution < 1.29 is 26.3 Å². The summed E-state index contributed by atoms with van der Waals surface area (Å²) in [5, 5.41) is 0. The molecule has 39 heavy (non-hydrogen) atoms. The maximum Gasteiger partial charge on any atom is 0.243 e. The highest BCUT2D eigenvalue weighted by molar-refractivity contribution is 7.89. The van der Waals surface area contributed by atoms with Gasteiger partial charge < -0.3 is 9.47 Å². The number of hydrogen-bond donors (Lipinski definition) is 1. The van der Waals surface area contributed by atoms with Crippen LogP contribution in [0.4, 0.5) is 0 Å². The van der Waals surface area contributed by atoms with Crippen LogP contribution in [0.5, 0.6) is 11.5 Å². The van der Waals surface area contributed by atoms with E-state index >= 15 is 0 Å². The Labute approximate surface area is 232 Å². The first-order valence-electron chi connectivity index (χ1n) is 13.0. The van der Waals surface area contributed by atoms with Crippen molar-refractivity contribution in [2.45, 2.75) is 61.5 Å². The third-order valence-corrected chi connectivity index (χ3v) is 10.6. The standard InChI is InChI=1S/C29H36N2O6S2/c1-22-9-7-8-12-27(22)31(21-24-13-18-28(36-2)29(19-24)37-3)39(34,35)26-16-14-25(15-17-26)38(32,33)30-20-23-10-5-4-6-11-23/h4-6,10-11,13-19,22,27,30H,7-9,12,20-21H2,1-3H3. The Kier molecular flexibility index (Phi) is 9.32. The van der Waals surface area contributed by atoms with Gasteiger partial charge in [0.15, 0.2) is 11.5 Å². The summed E-state index contributed by atoms with van der Waals surface area (Å²) in [4.78, 5) is 0.0672. The van der Waals surface area contributed by atoms with E-state index in [2.05, 4.69) is 11.6 Å². The van der Waals surface area contributed by atoms with Crippen molar-refractivity contribution in [1.82, 2.24) is 9.03 Å². The fourth-order valence-electron chi connectivity index (χ4n) is 5.05. The number of methoxy groups -OCH3 is 2. The molecular weight excluding hydrogens is 536 g/mol. The first-order chi connectivity index (χ1) is 18.7. The van der Waals surface area contributed by atoms with Crippen LogP contribution in [-0.2, 0) is 33.1 Å². The molecule has 4 rings (SSSR count). The van der Waals surface area contributed by atoms with Crippen molar-refractivity contribution in [2.24, 2.45) is 5.92 Å². The van der Waals surface area contributed by atoms with Crippen LogP contribution < -0.4 is 14.2 Å². The van der Waals surface area contributed by atoms with Crippen molar-refractivity contribution in [3.05, 3.63) is 83.9 Å². The molecule has 0 spiro atoms. The number of benzene rings is 3. The smallest absolute Gasteiger partial charge is 0.243 e. The lowest BCUT2D eigenvalue weighted by molar-refractivity contribution is 0.185. The molecule has 0 radical (unpaired) electrons. The van der Waals surface area contributed by atoms with E-state index in [9.17, 15) is 16.8 Å². The Bertz CT molecular complexity index is 1460. The molecular formula is C29H36N2O6S2. The SMILES string of the molecule is COc1ccc(CN(C2CCCCC2C)S(=O)(=O)c2ccc(S(=O)(=O)NCc3ccccc3)cc2)cc1OC. The van der Waals surface area contributed by atoms with Gasteiger partial charge in [0.2, 0.25) is 20.0 Å². The van der Waals surface area contributed by atoms with E-state index in [1.54, 1.807) is 30.7 Å². The number of nitrogens with one attached hydrogen (secondary N) is 1. The summed E-state index contributed by atoms with van der Waals surface area (Å²) in [6.45, 7) is 2.40. The molecule has 8 nitrogen and oxygen atoms in total. The Morgan fingerprint density at radius 1 is 0.795 bits per heavy atom. The van der Waals surface area contributed by atoms with Gasteiger partial charge in [0.25, 0.3) is 0 Å². The van der Waals surface area contributed by atoms with Crippen molar-refractivity contribution in [1.29, 1.82) is 0 Å². The zero-order valence-corrected chi connectivity index (χ0v) is 24.2. The molecule has 3 aromatic carbocycles. The van der Waals surface area contributed by atoms with Crippen LogP contribution in [0, 0.1) is 5.92 Å². The highest BCUT2D eigenvalue weighted by atomic mass is 32.2. The normalized spacial score (nSPS) is 18.2. The zero-order valence-electron chi connectivity index (χ0n) is 22.5. The molecule has 0 aromatic heterocycles. The van der Waals surface area contributed by atoms with Crippen molar-refractivity contribution >= 4 is 20.0 Å². The van der Waals surface area contributed by atoms with Gasteiger partial charge in [-0.15, -0.1) is 0 Å². The summed E-state index contributed by atoms with van der Waals surface area (Å²) in [7, 11) is -4.66. The second-order valence-corrected chi connectivity index (χ2v) is 13.5. The molecule has 0 bridgehead atoms. The van der Waals surface area contributed by atoms with Crippen molar-refractivity contribution in [3.63, 3.8) is 0 Å². The topological polar surface area (TPSA) is 102 Å². The van der Waals surface area contributed by atoms with E-state index in [1.807, 2.05) is 36.4 Å². The van der Waals surface area contributed by atoms with Gasteiger partial charge in [-0.2, -0.15) is 4.31 Å². The molecule has 0 heterocycles. The average molecular weight is 573 g/mol. The van der Waals surface area contributed by atoms with Crippen LogP contribution in [0.1, 0.15) is 43.7 Å². The highest BCUT2D eigenvalue weighted by Gasteiger charge is 2.36. The van der Waals surface area contributed by atoms with Crippen LogP contribution in [0.25, 0.3) is 0 Å². The van der Waals surface area contributed by atoms with Crippen LogP contribution in [-0.4, -0.2) is 41.4 Å². The molecule has 210 valence electrons. The summed E-state index contributed by atoms with van der Waals surface area (Å²) in [6, 6.07) is 19.9. The van der Waals surface area contributed by atoms with Gasteiger partial charge in [-0.25, -0.2) is 21.6 Å². The molecule has 1 saturated carbocycles. The lowest BCUT2D eigenvalue weighted by Crippen LogP contribution is -2.44. The predicted octanol–water partition coefficient (Wildman–Crippen LogP) is 4.95. The van der Waals surface area contributed by atoms with E-state index in [1.165, 1.54) is 24.3 Å². The summed E-state index contributed by atoms with van der Waals surface area (Å²) in [6.07, 6.45) is 3.75. The van der Waals surface area contributed by atoms with E-state index in [-0.39, 0.29) is 34.8 Å². The third-order valence-electron chi connectivity index (χ3n) is 7.27. The first kappa shape index (κ1) is 29.1. The minimum absolute atomic E-state index is 0.00913. The molecule has 0 saturated heterocycles. The van der Waals surface area contributed by atoms with E-state index in [0.717, 1.165) is 36.8 Å². The molecule has 10 heteroatoms. The van der Waals surface area contributed by atoms with Gasteiger partial charge in [-0.05, 0) is 66.3 Å².